The van der Waals surface area contributed by atoms with Crippen LogP contribution in [0.1, 0.15) is 51.5 Å². The molecule has 20 heavy (non-hydrogen) atoms. The average Bonchev–Trinajstić information content (AvgIpc) is 2.31. The first-order chi connectivity index (χ1) is 9.55. The predicted molar refractivity (Wildman–Crippen MR) is 89.0 cm³/mol. The summed E-state index contributed by atoms with van der Waals surface area (Å²) in [7, 11) is 0. The molecule has 2 aliphatic carbocycles. The summed E-state index contributed by atoms with van der Waals surface area (Å²) in [5, 5.41) is 3.72. The van der Waals surface area contributed by atoms with E-state index in [-0.39, 0.29) is 0 Å². The summed E-state index contributed by atoms with van der Waals surface area (Å²) in [5.74, 6) is 0.726. The zero-order valence-electron chi connectivity index (χ0n) is 12.7. The van der Waals surface area contributed by atoms with Gasteiger partial charge in [-0.1, -0.05) is 54.4 Å². The van der Waals surface area contributed by atoms with E-state index >= 15 is 0 Å². The molecule has 0 radical (unpaired) electrons. The van der Waals surface area contributed by atoms with E-state index in [0.717, 1.165) is 19.0 Å². The maximum absolute atomic E-state index is 3.78. The first-order valence-corrected chi connectivity index (χ1v) is 8.80. The summed E-state index contributed by atoms with van der Waals surface area (Å²) in [6.07, 6.45) is 7.14. The summed E-state index contributed by atoms with van der Waals surface area (Å²) in [5.41, 5.74) is 2.60. The highest BCUT2D eigenvalue weighted by molar-refractivity contribution is 9.10. The van der Waals surface area contributed by atoms with Crippen LogP contribution in [-0.4, -0.2) is 13.1 Å². The lowest BCUT2D eigenvalue weighted by Crippen LogP contribution is -2.57. The molecule has 2 aliphatic rings. The van der Waals surface area contributed by atoms with Crippen LogP contribution in [0.3, 0.4) is 0 Å². The third-order valence-corrected chi connectivity index (χ3v) is 5.99. The lowest BCUT2D eigenvalue weighted by molar-refractivity contribution is -0.0487. The van der Waals surface area contributed by atoms with Gasteiger partial charge in [0.05, 0.1) is 0 Å². The molecule has 0 bridgehead atoms. The molecule has 1 aromatic rings. The highest BCUT2D eigenvalue weighted by Crippen LogP contribution is 2.65. The van der Waals surface area contributed by atoms with Crippen molar-refractivity contribution in [3.8, 4) is 0 Å². The molecule has 1 N–H and O–H groups in total. The highest BCUT2D eigenvalue weighted by atomic mass is 79.9. The fourth-order valence-corrected chi connectivity index (χ4v) is 5.02. The van der Waals surface area contributed by atoms with Crippen molar-refractivity contribution in [2.75, 3.05) is 13.1 Å². The Balaban J connectivity index is 1.76. The van der Waals surface area contributed by atoms with E-state index in [9.17, 15) is 0 Å². The number of rotatable bonds is 5. The minimum absolute atomic E-state index is 0.370. The van der Waals surface area contributed by atoms with Gasteiger partial charge in [0.2, 0.25) is 0 Å². The number of halogens is 1. The maximum Gasteiger partial charge on any atom is 0.0213 e. The Morgan fingerprint density at radius 2 is 1.90 bits per heavy atom. The minimum Gasteiger partial charge on any atom is -0.316 e. The van der Waals surface area contributed by atoms with Crippen molar-refractivity contribution >= 4 is 15.9 Å². The van der Waals surface area contributed by atoms with Crippen molar-refractivity contribution in [3.05, 3.63) is 34.3 Å². The summed E-state index contributed by atoms with van der Waals surface area (Å²) in [6, 6.07) is 8.84. The van der Waals surface area contributed by atoms with Crippen molar-refractivity contribution in [3.63, 3.8) is 0 Å². The van der Waals surface area contributed by atoms with Gasteiger partial charge in [0.25, 0.3) is 0 Å². The number of nitrogens with one attached hydrogen (secondary N) is 1. The molecule has 0 aromatic heterocycles. The zero-order valence-corrected chi connectivity index (χ0v) is 14.3. The van der Waals surface area contributed by atoms with Crippen LogP contribution < -0.4 is 5.32 Å². The molecule has 1 nitrogen and oxygen atoms in total. The fourth-order valence-electron chi connectivity index (χ4n) is 4.32. The van der Waals surface area contributed by atoms with Crippen LogP contribution in [0, 0.1) is 11.3 Å². The lowest BCUT2D eigenvalue weighted by Gasteiger charge is -2.62. The topological polar surface area (TPSA) is 12.0 Å². The summed E-state index contributed by atoms with van der Waals surface area (Å²) < 4.78 is 1.29. The molecule has 1 aromatic carbocycles. The van der Waals surface area contributed by atoms with Crippen molar-refractivity contribution in [1.82, 2.24) is 5.32 Å². The van der Waals surface area contributed by atoms with Gasteiger partial charge in [-0.25, -0.2) is 0 Å². The van der Waals surface area contributed by atoms with Gasteiger partial charge >= 0.3 is 0 Å². The Kier molecular flexibility index (Phi) is 3.98. The Bertz CT molecular complexity index is 468. The van der Waals surface area contributed by atoms with Crippen molar-refractivity contribution in [2.24, 2.45) is 11.3 Å². The molecule has 2 fully saturated rings. The van der Waals surface area contributed by atoms with Crippen LogP contribution in [0.5, 0.6) is 0 Å². The molecule has 1 spiro atoms. The van der Waals surface area contributed by atoms with E-state index in [4.69, 9.17) is 0 Å². The first kappa shape index (κ1) is 14.6. The third kappa shape index (κ3) is 2.57. The molecule has 0 atom stereocenters. The van der Waals surface area contributed by atoms with E-state index in [1.54, 1.807) is 0 Å². The van der Waals surface area contributed by atoms with Gasteiger partial charge in [0, 0.05) is 16.4 Å². The van der Waals surface area contributed by atoms with Gasteiger partial charge < -0.3 is 5.32 Å². The van der Waals surface area contributed by atoms with Crippen LogP contribution in [0.25, 0.3) is 0 Å². The summed E-state index contributed by atoms with van der Waals surface area (Å²) >= 11 is 3.78. The van der Waals surface area contributed by atoms with Crippen LogP contribution in [0.2, 0.25) is 0 Å². The molecule has 3 rings (SSSR count). The van der Waals surface area contributed by atoms with Gasteiger partial charge in [0.15, 0.2) is 0 Å². The summed E-state index contributed by atoms with van der Waals surface area (Å²) in [6.45, 7) is 6.83. The van der Waals surface area contributed by atoms with Gasteiger partial charge in [-0.3, -0.25) is 0 Å². The minimum atomic E-state index is 0.370. The Hall–Kier alpha value is -0.340. The Morgan fingerprint density at radius 1 is 1.20 bits per heavy atom. The monoisotopic (exact) mass is 335 g/mol. The first-order valence-electron chi connectivity index (χ1n) is 8.01. The lowest BCUT2D eigenvalue weighted by atomic mass is 9.43. The second-order valence-electron chi connectivity index (χ2n) is 7.49. The fraction of sp³-hybridized carbons (Fsp3) is 0.667. The largest absolute Gasteiger partial charge is 0.316 e. The van der Waals surface area contributed by atoms with Gasteiger partial charge in [-0.15, -0.1) is 0 Å². The van der Waals surface area contributed by atoms with E-state index < -0.39 is 0 Å². The highest BCUT2D eigenvalue weighted by Gasteiger charge is 2.57. The number of hydrogen-bond acceptors (Lipinski definition) is 1. The standard InChI is InChI=1S/C18H26BrN/c1-14(2)10-20-13-18(11-17(12-18)8-5-9-17)15-6-3-4-7-16(15)19/h3-4,6-7,14,20H,5,8-13H2,1-2H3. The van der Waals surface area contributed by atoms with E-state index in [1.807, 2.05) is 0 Å². The van der Waals surface area contributed by atoms with Crippen LogP contribution in [-0.2, 0) is 5.41 Å². The van der Waals surface area contributed by atoms with Gasteiger partial charge in [-0.2, -0.15) is 0 Å². The maximum atomic E-state index is 3.78. The molecular formula is C18H26BrN. The molecule has 2 saturated carbocycles. The van der Waals surface area contributed by atoms with E-state index in [0.29, 0.717) is 10.8 Å². The Labute approximate surface area is 131 Å². The number of benzene rings is 1. The third-order valence-electron chi connectivity index (χ3n) is 5.30. The SMILES string of the molecule is CC(C)CNCC1(c2ccccc2Br)CC2(CCC2)C1. The van der Waals surface area contributed by atoms with Crippen molar-refractivity contribution in [2.45, 2.75) is 51.4 Å². The normalized spacial score (nSPS) is 22.6. The predicted octanol–water partition coefficient (Wildman–Crippen LogP) is 4.90. The summed E-state index contributed by atoms with van der Waals surface area (Å²) in [4.78, 5) is 0. The van der Waals surface area contributed by atoms with Crippen LogP contribution in [0.15, 0.2) is 28.7 Å². The number of hydrogen-bond donors (Lipinski definition) is 1. The van der Waals surface area contributed by atoms with E-state index in [1.165, 1.54) is 42.1 Å². The Morgan fingerprint density at radius 3 is 2.45 bits per heavy atom. The molecule has 110 valence electrons. The molecule has 2 heteroatoms. The van der Waals surface area contributed by atoms with Crippen molar-refractivity contribution in [1.29, 1.82) is 0 Å². The molecule has 0 amide bonds. The van der Waals surface area contributed by atoms with E-state index in [2.05, 4.69) is 59.4 Å². The van der Waals surface area contributed by atoms with Crippen LogP contribution >= 0.6 is 15.9 Å². The van der Waals surface area contributed by atoms with Gasteiger partial charge in [-0.05, 0) is 55.2 Å². The second kappa shape index (κ2) is 5.46. The average molecular weight is 336 g/mol. The van der Waals surface area contributed by atoms with Crippen LogP contribution in [0.4, 0.5) is 0 Å². The van der Waals surface area contributed by atoms with Gasteiger partial charge in [0.1, 0.15) is 0 Å². The zero-order chi connectivity index (χ0) is 14.2. The molecule has 0 heterocycles. The van der Waals surface area contributed by atoms with Crippen molar-refractivity contribution < 1.29 is 0 Å². The second-order valence-corrected chi connectivity index (χ2v) is 8.35. The molecular weight excluding hydrogens is 310 g/mol. The smallest absolute Gasteiger partial charge is 0.0213 e. The molecule has 0 aliphatic heterocycles. The molecule has 0 saturated heterocycles. The quantitative estimate of drug-likeness (QED) is 0.807. The molecule has 0 unspecified atom stereocenters.